The van der Waals surface area contributed by atoms with Gasteiger partial charge >= 0.3 is 0 Å². The van der Waals surface area contributed by atoms with Gasteiger partial charge in [-0.05, 0) is 17.7 Å². The lowest BCUT2D eigenvalue weighted by atomic mass is 10.2. The van der Waals surface area contributed by atoms with E-state index in [-0.39, 0.29) is 18.0 Å². The average molecular weight is 304 g/mol. The van der Waals surface area contributed by atoms with Crippen molar-refractivity contribution >= 4 is 0 Å². The normalized spacial score (nSPS) is 11.9. The van der Waals surface area contributed by atoms with Crippen molar-refractivity contribution in [3.05, 3.63) is 69.5 Å². The molecule has 2 rings (SSSR count). The first-order valence-electron chi connectivity index (χ1n) is 6.67. The molecule has 0 aliphatic carbocycles. The van der Waals surface area contributed by atoms with Crippen LogP contribution in [0.5, 0.6) is 5.75 Å². The molecular weight excluding hydrogens is 288 g/mol. The van der Waals surface area contributed by atoms with Gasteiger partial charge in [-0.2, -0.15) is 0 Å². The minimum Gasteiger partial charge on any atom is -0.487 e. The highest BCUT2D eigenvalue weighted by Gasteiger charge is 2.17. The molecule has 0 fully saturated rings. The standard InChI is InChI=1S/C15H16N2O5/c18-9-13-15(22-10-11-4-2-1-3-5-11)7-6-12(16-13)14(19)8-17(20)21/h1-7,14,18-19H,8-10H2. The first-order valence-corrected chi connectivity index (χ1v) is 6.67. The Hall–Kier alpha value is -2.51. The Bertz CT molecular complexity index is 633. The maximum atomic E-state index is 10.4. The number of aliphatic hydroxyl groups is 2. The van der Waals surface area contributed by atoms with E-state index in [1.807, 2.05) is 30.3 Å². The Labute approximate surface area is 127 Å². The number of aromatic nitrogens is 1. The van der Waals surface area contributed by atoms with Crippen LogP contribution in [0.25, 0.3) is 0 Å². The summed E-state index contributed by atoms with van der Waals surface area (Å²) in [4.78, 5) is 13.8. The molecule has 1 aromatic carbocycles. The fourth-order valence-electron chi connectivity index (χ4n) is 1.91. The summed E-state index contributed by atoms with van der Waals surface area (Å²) in [5.41, 5.74) is 1.33. The van der Waals surface area contributed by atoms with Gasteiger partial charge in [-0.1, -0.05) is 30.3 Å². The van der Waals surface area contributed by atoms with Crippen LogP contribution in [-0.2, 0) is 13.2 Å². The van der Waals surface area contributed by atoms with Crippen LogP contribution in [0.15, 0.2) is 42.5 Å². The van der Waals surface area contributed by atoms with E-state index in [1.54, 1.807) is 6.07 Å². The highest BCUT2D eigenvalue weighted by Crippen LogP contribution is 2.21. The summed E-state index contributed by atoms with van der Waals surface area (Å²) in [7, 11) is 0. The number of benzene rings is 1. The fraction of sp³-hybridized carbons (Fsp3) is 0.267. The van der Waals surface area contributed by atoms with Gasteiger partial charge in [0.1, 0.15) is 18.1 Å². The van der Waals surface area contributed by atoms with E-state index in [9.17, 15) is 20.3 Å². The van der Waals surface area contributed by atoms with Gasteiger partial charge in [-0.15, -0.1) is 0 Å². The maximum absolute atomic E-state index is 10.4. The molecule has 1 unspecified atom stereocenters. The number of ether oxygens (including phenoxy) is 1. The molecule has 0 saturated carbocycles. The number of nitrogens with zero attached hydrogens (tertiary/aromatic N) is 2. The third kappa shape index (κ3) is 4.24. The highest BCUT2D eigenvalue weighted by molar-refractivity contribution is 5.30. The largest absolute Gasteiger partial charge is 0.487 e. The van der Waals surface area contributed by atoms with Gasteiger partial charge in [0.25, 0.3) is 0 Å². The van der Waals surface area contributed by atoms with E-state index < -0.39 is 17.6 Å². The van der Waals surface area contributed by atoms with Crippen molar-refractivity contribution < 1.29 is 19.9 Å². The number of hydrogen-bond donors (Lipinski definition) is 2. The van der Waals surface area contributed by atoms with Gasteiger partial charge < -0.3 is 14.9 Å². The molecule has 0 amide bonds. The van der Waals surface area contributed by atoms with Crippen molar-refractivity contribution in [1.82, 2.24) is 4.98 Å². The van der Waals surface area contributed by atoms with E-state index in [0.29, 0.717) is 12.4 Å². The Kier molecular flexibility index (Phi) is 5.40. The van der Waals surface area contributed by atoms with Crippen LogP contribution in [0.4, 0.5) is 0 Å². The molecule has 0 radical (unpaired) electrons. The SMILES string of the molecule is O=[N+]([O-])CC(O)c1ccc(OCc2ccccc2)c(CO)n1. The molecule has 0 spiro atoms. The summed E-state index contributed by atoms with van der Waals surface area (Å²) in [5, 5.41) is 29.4. The number of rotatable bonds is 7. The number of aliphatic hydroxyl groups excluding tert-OH is 2. The van der Waals surface area contributed by atoms with Crippen molar-refractivity contribution in [2.75, 3.05) is 6.54 Å². The molecule has 116 valence electrons. The molecule has 2 aromatic rings. The van der Waals surface area contributed by atoms with E-state index in [4.69, 9.17) is 4.74 Å². The van der Waals surface area contributed by atoms with Crippen LogP contribution >= 0.6 is 0 Å². The van der Waals surface area contributed by atoms with Gasteiger partial charge in [0, 0.05) is 4.92 Å². The Morgan fingerprint density at radius 3 is 2.59 bits per heavy atom. The molecule has 0 bridgehead atoms. The van der Waals surface area contributed by atoms with E-state index in [1.165, 1.54) is 6.07 Å². The lowest BCUT2D eigenvalue weighted by molar-refractivity contribution is -0.491. The third-order valence-electron chi connectivity index (χ3n) is 3.00. The zero-order valence-electron chi connectivity index (χ0n) is 11.8. The molecule has 0 saturated heterocycles. The van der Waals surface area contributed by atoms with Crippen LogP contribution in [0.1, 0.15) is 23.1 Å². The zero-order valence-corrected chi connectivity index (χ0v) is 11.8. The first-order chi connectivity index (χ1) is 10.6. The molecule has 22 heavy (non-hydrogen) atoms. The molecule has 7 nitrogen and oxygen atoms in total. The highest BCUT2D eigenvalue weighted by atomic mass is 16.6. The topological polar surface area (TPSA) is 106 Å². The zero-order chi connectivity index (χ0) is 15.9. The molecular formula is C15H16N2O5. The summed E-state index contributed by atoms with van der Waals surface area (Å²) < 4.78 is 5.59. The monoisotopic (exact) mass is 304 g/mol. The van der Waals surface area contributed by atoms with Crippen molar-refractivity contribution in [3.63, 3.8) is 0 Å². The van der Waals surface area contributed by atoms with Crippen LogP contribution < -0.4 is 4.74 Å². The molecule has 1 atom stereocenters. The summed E-state index contributed by atoms with van der Waals surface area (Å²) in [6.07, 6.45) is -1.32. The summed E-state index contributed by atoms with van der Waals surface area (Å²) >= 11 is 0. The quantitative estimate of drug-likeness (QED) is 0.592. The summed E-state index contributed by atoms with van der Waals surface area (Å²) in [6.45, 7) is -0.711. The van der Waals surface area contributed by atoms with E-state index in [2.05, 4.69) is 4.98 Å². The predicted molar refractivity (Wildman–Crippen MR) is 77.8 cm³/mol. The predicted octanol–water partition coefficient (Wildman–Crippen LogP) is 1.46. The Morgan fingerprint density at radius 2 is 1.95 bits per heavy atom. The van der Waals surface area contributed by atoms with Crippen molar-refractivity contribution in [2.24, 2.45) is 0 Å². The summed E-state index contributed by atoms with van der Waals surface area (Å²) in [6, 6.07) is 12.5. The Morgan fingerprint density at radius 1 is 1.23 bits per heavy atom. The first kappa shape index (κ1) is 15.9. The number of pyridine rings is 1. The van der Waals surface area contributed by atoms with E-state index >= 15 is 0 Å². The van der Waals surface area contributed by atoms with Crippen molar-refractivity contribution in [3.8, 4) is 5.75 Å². The van der Waals surface area contributed by atoms with Crippen LogP contribution in [0.2, 0.25) is 0 Å². The van der Waals surface area contributed by atoms with Crippen LogP contribution in [0.3, 0.4) is 0 Å². The molecule has 1 heterocycles. The van der Waals surface area contributed by atoms with Gasteiger partial charge in [-0.3, -0.25) is 10.1 Å². The second-order valence-electron chi connectivity index (χ2n) is 4.64. The molecule has 2 N–H and O–H groups in total. The van der Waals surface area contributed by atoms with Crippen LogP contribution in [-0.4, -0.2) is 26.7 Å². The lowest BCUT2D eigenvalue weighted by Gasteiger charge is -2.12. The van der Waals surface area contributed by atoms with Crippen LogP contribution in [0, 0.1) is 10.1 Å². The minimum absolute atomic E-state index is 0.132. The molecule has 0 aliphatic heterocycles. The van der Waals surface area contributed by atoms with Gasteiger partial charge in [-0.25, -0.2) is 4.98 Å². The van der Waals surface area contributed by atoms with Crippen molar-refractivity contribution in [1.29, 1.82) is 0 Å². The second kappa shape index (κ2) is 7.48. The maximum Gasteiger partial charge on any atom is 0.235 e. The number of hydrogen-bond acceptors (Lipinski definition) is 6. The Balaban J connectivity index is 2.10. The summed E-state index contributed by atoms with van der Waals surface area (Å²) in [5.74, 6) is 0.378. The number of nitro groups is 1. The van der Waals surface area contributed by atoms with Gasteiger partial charge in [0.2, 0.25) is 6.54 Å². The lowest BCUT2D eigenvalue weighted by Crippen LogP contribution is -2.14. The minimum atomic E-state index is -1.32. The molecule has 0 aliphatic rings. The average Bonchev–Trinajstić information content (AvgIpc) is 2.53. The fourth-order valence-corrected chi connectivity index (χ4v) is 1.91. The second-order valence-corrected chi connectivity index (χ2v) is 4.64. The molecule has 7 heteroatoms. The van der Waals surface area contributed by atoms with Crippen molar-refractivity contribution in [2.45, 2.75) is 19.3 Å². The van der Waals surface area contributed by atoms with Gasteiger partial charge in [0.05, 0.1) is 12.3 Å². The molecule has 1 aromatic heterocycles. The third-order valence-corrected chi connectivity index (χ3v) is 3.00. The van der Waals surface area contributed by atoms with E-state index in [0.717, 1.165) is 5.56 Å². The smallest absolute Gasteiger partial charge is 0.235 e. The van der Waals surface area contributed by atoms with Gasteiger partial charge in [0.15, 0.2) is 6.10 Å².